The summed E-state index contributed by atoms with van der Waals surface area (Å²) in [6.07, 6.45) is 2.48. The van der Waals surface area contributed by atoms with Gasteiger partial charge in [-0.25, -0.2) is 4.39 Å². The number of nitrogens with one attached hydrogen (secondary N) is 2. The lowest BCUT2D eigenvalue weighted by atomic mass is 10.1. The lowest BCUT2D eigenvalue weighted by Gasteiger charge is -2.03. The monoisotopic (exact) mass is 192 g/mol. The van der Waals surface area contributed by atoms with E-state index in [1.54, 1.807) is 6.20 Å². The van der Waals surface area contributed by atoms with Crippen molar-refractivity contribution in [3.05, 3.63) is 35.8 Å². The van der Waals surface area contributed by atoms with E-state index in [-0.39, 0.29) is 5.82 Å². The molecule has 0 radical (unpaired) electrons. The third-order valence-corrected chi connectivity index (χ3v) is 2.39. The zero-order valence-corrected chi connectivity index (χ0v) is 8.10. The van der Waals surface area contributed by atoms with Crippen molar-refractivity contribution in [3.63, 3.8) is 0 Å². The van der Waals surface area contributed by atoms with Crippen LogP contribution in [0.2, 0.25) is 0 Å². The van der Waals surface area contributed by atoms with Gasteiger partial charge in [0, 0.05) is 11.6 Å². The number of hydrogen-bond acceptors (Lipinski definition) is 1. The number of fused-ring (bicyclic) bond motifs is 1. The average Bonchev–Trinajstić information content (AvgIpc) is 2.66. The van der Waals surface area contributed by atoms with Crippen LogP contribution in [0.4, 0.5) is 4.39 Å². The van der Waals surface area contributed by atoms with E-state index in [0.29, 0.717) is 5.52 Å². The molecule has 0 aliphatic rings. The van der Waals surface area contributed by atoms with Crippen molar-refractivity contribution in [2.24, 2.45) is 0 Å². The van der Waals surface area contributed by atoms with Crippen molar-refractivity contribution < 1.29 is 4.39 Å². The molecule has 2 rings (SSSR count). The molecule has 1 heterocycles. The number of likely N-dealkylation sites (N-methyl/N-ethyl adjacent to an activating group) is 1. The second kappa shape index (κ2) is 3.80. The van der Waals surface area contributed by atoms with Crippen LogP contribution >= 0.6 is 0 Å². The van der Waals surface area contributed by atoms with Gasteiger partial charge in [-0.1, -0.05) is 12.1 Å². The molecule has 0 unspecified atom stereocenters. The van der Waals surface area contributed by atoms with E-state index in [0.717, 1.165) is 23.9 Å². The van der Waals surface area contributed by atoms with Crippen LogP contribution in [0, 0.1) is 5.82 Å². The number of H-pyrrole nitrogens is 1. The van der Waals surface area contributed by atoms with Gasteiger partial charge in [-0.05, 0) is 31.6 Å². The van der Waals surface area contributed by atoms with Gasteiger partial charge in [-0.15, -0.1) is 0 Å². The Morgan fingerprint density at radius 3 is 3.00 bits per heavy atom. The lowest BCUT2D eigenvalue weighted by molar-refractivity contribution is 0.614. The van der Waals surface area contributed by atoms with Crippen LogP contribution in [0.15, 0.2) is 24.4 Å². The zero-order chi connectivity index (χ0) is 9.97. The minimum Gasteiger partial charge on any atom is -0.359 e. The normalized spacial score (nSPS) is 11.0. The predicted molar refractivity (Wildman–Crippen MR) is 55.9 cm³/mol. The number of rotatable bonds is 3. The molecule has 0 bridgehead atoms. The maximum absolute atomic E-state index is 13.8. The lowest BCUT2D eigenvalue weighted by Crippen LogP contribution is -2.11. The summed E-state index contributed by atoms with van der Waals surface area (Å²) >= 11 is 0. The minimum atomic E-state index is -0.122. The fraction of sp³-hybridized carbons (Fsp3) is 0.273. The van der Waals surface area contributed by atoms with E-state index in [2.05, 4.69) is 10.3 Å². The van der Waals surface area contributed by atoms with Gasteiger partial charge < -0.3 is 10.3 Å². The Morgan fingerprint density at radius 2 is 2.21 bits per heavy atom. The second-order valence-electron chi connectivity index (χ2n) is 3.33. The van der Waals surface area contributed by atoms with Crippen LogP contribution in [0.3, 0.4) is 0 Å². The first-order valence-electron chi connectivity index (χ1n) is 4.72. The molecule has 2 aromatic rings. The molecule has 0 fully saturated rings. The van der Waals surface area contributed by atoms with Crippen molar-refractivity contribution in [3.8, 4) is 0 Å². The first kappa shape index (κ1) is 9.21. The van der Waals surface area contributed by atoms with Gasteiger partial charge in [0.25, 0.3) is 0 Å². The molecule has 0 aliphatic heterocycles. The minimum absolute atomic E-state index is 0.122. The quantitative estimate of drug-likeness (QED) is 0.765. The van der Waals surface area contributed by atoms with Crippen molar-refractivity contribution in [2.45, 2.75) is 6.42 Å². The van der Waals surface area contributed by atoms with Crippen molar-refractivity contribution >= 4 is 10.9 Å². The fourth-order valence-electron chi connectivity index (χ4n) is 1.59. The summed E-state index contributed by atoms with van der Waals surface area (Å²) in [4.78, 5) is 2.91. The third-order valence-electron chi connectivity index (χ3n) is 2.39. The first-order valence-corrected chi connectivity index (χ1v) is 4.72. The second-order valence-corrected chi connectivity index (χ2v) is 3.33. The van der Waals surface area contributed by atoms with Crippen LogP contribution in [0.5, 0.6) is 0 Å². The predicted octanol–water partition coefficient (Wildman–Crippen LogP) is 2.07. The van der Waals surface area contributed by atoms with Gasteiger partial charge in [-0.3, -0.25) is 0 Å². The Balaban J connectivity index is 2.40. The summed E-state index contributed by atoms with van der Waals surface area (Å²) in [5.41, 5.74) is 1.37. The van der Waals surface area contributed by atoms with Gasteiger partial charge in [0.1, 0.15) is 5.82 Å². The van der Waals surface area contributed by atoms with Gasteiger partial charge in [-0.2, -0.15) is 0 Å². The van der Waals surface area contributed by atoms with E-state index in [4.69, 9.17) is 0 Å². The molecule has 14 heavy (non-hydrogen) atoms. The molecule has 0 aliphatic carbocycles. The Morgan fingerprint density at radius 1 is 1.36 bits per heavy atom. The van der Waals surface area contributed by atoms with E-state index in [1.165, 1.54) is 0 Å². The third kappa shape index (κ3) is 1.51. The SMILES string of the molecule is CNCCc1ccc2cc[nH]c2c1F. The van der Waals surface area contributed by atoms with E-state index < -0.39 is 0 Å². The summed E-state index contributed by atoms with van der Waals surface area (Å²) in [6, 6.07) is 5.67. The highest BCUT2D eigenvalue weighted by Gasteiger charge is 2.06. The van der Waals surface area contributed by atoms with Crippen LogP contribution in [-0.4, -0.2) is 18.6 Å². The fourth-order valence-corrected chi connectivity index (χ4v) is 1.59. The molecular weight excluding hydrogens is 179 g/mol. The molecule has 0 atom stereocenters. The number of aromatic amines is 1. The molecule has 74 valence electrons. The number of halogens is 1. The summed E-state index contributed by atoms with van der Waals surface area (Å²) in [5, 5.41) is 3.94. The summed E-state index contributed by atoms with van der Waals surface area (Å²) < 4.78 is 13.8. The number of aromatic nitrogens is 1. The Bertz CT molecular complexity index is 434. The largest absolute Gasteiger partial charge is 0.359 e. The van der Waals surface area contributed by atoms with Gasteiger partial charge >= 0.3 is 0 Å². The molecule has 0 saturated carbocycles. The van der Waals surface area contributed by atoms with Crippen molar-refractivity contribution in [1.29, 1.82) is 0 Å². The number of benzene rings is 1. The zero-order valence-electron chi connectivity index (χ0n) is 8.10. The molecule has 3 heteroatoms. The number of hydrogen-bond donors (Lipinski definition) is 2. The van der Waals surface area contributed by atoms with Gasteiger partial charge in [0.15, 0.2) is 0 Å². The maximum atomic E-state index is 13.8. The molecule has 2 nitrogen and oxygen atoms in total. The highest BCUT2D eigenvalue weighted by molar-refractivity contribution is 5.80. The van der Waals surface area contributed by atoms with E-state index in [1.807, 2.05) is 25.2 Å². The Kier molecular flexibility index (Phi) is 2.50. The van der Waals surface area contributed by atoms with Crippen LogP contribution in [-0.2, 0) is 6.42 Å². The first-order chi connectivity index (χ1) is 6.83. The van der Waals surface area contributed by atoms with Crippen LogP contribution < -0.4 is 5.32 Å². The molecular formula is C11H13FN2. The molecule has 1 aromatic heterocycles. The van der Waals surface area contributed by atoms with Crippen molar-refractivity contribution in [1.82, 2.24) is 10.3 Å². The Hall–Kier alpha value is -1.35. The van der Waals surface area contributed by atoms with Gasteiger partial charge in [0.2, 0.25) is 0 Å². The highest BCUT2D eigenvalue weighted by Crippen LogP contribution is 2.19. The Labute approximate surface area is 82.1 Å². The molecule has 0 spiro atoms. The van der Waals surface area contributed by atoms with Crippen LogP contribution in [0.25, 0.3) is 10.9 Å². The van der Waals surface area contributed by atoms with Crippen LogP contribution in [0.1, 0.15) is 5.56 Å². The molecule has 1 aromatic carbocycles. The maximum Gasteiger partial charge on any atom is 0.150 e. The summed E-state index contributed by atoms with van der Waals surface area (Å²) in [6.45, 7) is 0.795. The average molecular weight is 192 g/mol. The standard InChI is InChI=1S/C11H13FN2/c1-13-6-4-8-2-3-9-5-7-14-11(9)10(8)12/h2-3,5,7,13-14H,4,6H2,1H3. The molecule has 0 saturated heterocycles. The van der Waals surface area contributed by atoms with Gasteiger partial charge in [0.05, 0.1) is 5.52 Å². The van der Waals surface area contributed by atoms with Crippen molar-refractivity contribution in [2.75, 3.05) is 13.6 Å². The smallest absolute Gasteiger partial charge is 0.150 e. The topological polar surface area (TPSA) is 27.8 Å². The summed E-state index contributed by atoms with van der Waals surface area (Å²) in [5.74, 6) is -0.122. The summed E-state index contributed by atoms with van der Waals surface area (Å²) in [7, 11) is 1.87. The van der Waals surface area contributed by atoms with E-state index in [9.17, 15) is 4.39 Å². The van der Waals surface area contributed by atoms with E-state index >= 15 is 0 Å². The molecule has 0 amide bonds. The highest BCUT2D eigenvalue weighted by atomic mass is 19.1. The molecule has 2 N–H and O–H groups in total.